The van der Waals surface area contributed by atoms with Gasteiger partial charge in [0.15, 0.2) is 0 Å². The Hall–Kier alpha value is -2.69. The van der Waals surface area contributed by atoms with Crippen molar-refractivity contribution in [2.75, 3.05) is 13.1 Å². The Morgan fingerprint density at radius 2 is 1.97 bits per heavy atom. The number of benzene rings is 1. The van der Waals surface area contributed by atoms with E-state index in [0.29, 0.717) is 13.0 Å². The highest BCUT2D eigenvalue weighted by Crippen LogP contribution is 2.37. The molecule has 1 aliphatic heterocycles. The van der Waals surface area contributed by atoms with Gasteiger partial charge in [0.25, 0.3) is 0 Å². The molecule has 1 aromatic heterocycles. The number of nitrogens with one attached hydrogen (secondary N) is 1. The summed E-state index contributed by atoms with van der Waals surface area (Å²) in [6, 6.07) is 12.4. The van der Waals surface area contributed by atoms with Crippen LogP contribution in [0.3, 0.4) is 0 Å². The minimum atomic E-state index is -0.588. The predicted molar refractivity (Wildman–Crippen MR) is 122 cm³/mol. The van der Waals surface area contributed by atoms with Crippen LogP contribution >= 0.6 is 0 Å². The van der Waals surface area contributed by atoms with Gasteiger partial charge < -0.3 is 10.2 Å². The van der Waals surface area contributed by atoms with Gasteiger partial charge in [-0.15, -0.1) is 0 Å². The normalized spacial score (nSPS) is 21.6. The van der Waals surface area contributed by atoms with Crippen molar-refractivity contribution < 1.29 is 9.59 Å². The molecule has 1 aliphatic carbocycles. The van der Waals surface area contributed by atoms with Crippen LogP contribution in [0.4, 0.5) is 0 Å². The van der Waals surface area contributed by atoms with Crippen LogP contribution in [-0.2, 0) is 16.0 Å². The van der Waals surface area contributed by atoms with Gasteiger partial charge in [0.2, 0.25) is 11.8 Å². The van der Waals surface area contributed by atoms with Crippen molar-refractivity contribution in [3.05, 3.63) is 54.4 Å². The van der Waals surface area contributed by atoms with E-state index in [2.05, 4.69) is 28.5 Å². The number of hydrogen-bond donors (Lipinski definition) is 1. The number of carbonyl (C=O) groups excluding carboxylic acids is 2. The summed E-state index contributed by atoms with van der Waals surface area (Å²) < 4.78 is 0. The highest BCUT2D eigenvalue weighted by molar-refractivity contribution is 5.86. The zero-order valence-corrected chi connectivity index (χ0v) is 18.6. The average Bonchev–Trinajstić information content (AvgIpc) is 2.73. The molecule has 2 fully saturated rings. The zero-order valence-electron chi connectivity index (χ0n) is 18.6. The number of pyridine rings is 1. The van der Waals surface area contributed by atoms with Crippen LogP contribution in [0, 0.1) is 11.3 Å². The monoisotopic (exact) mass is 419 g/mol. The first-order chi connectivity index (χ1) is 15.0. The molecular weight excluding hydrogens is 386 g/mol. The Balaban J connectivity index is 1.61. The molecule has 0 bridgehead atoms. The van der Waals surface area contributed by atoms with Crippen LogP contribution in [-0.4, -0.2) is 40.8 Å². The highest BCUT2D eigenvalue weighted by Gasteiger charge is 2.45. The van der Waals surface area contributed by atoms with Crippen molar-refractivity contribution in [2.45, 2.75) is 58.4 Å². The molecule has 2 aromatic rings. The minimum Gasteiger partial charge on any atom is -0.353 e. The van der Waals surface area contributed by atoms with Crippen LogP contribution in [0.15, 0.2) is 48.8 Å². The summed E-state index contributed by atoms with van der Waals surface area (Å²) >= 11 is 0. The van der Waals surface area contributed by atoms with E-state index in [4.69, 9.17) is 0 Å². The second-order valence-electron chi connectivity index (χ2n) is 9.52. The lowest BCUT2D eigenvalue weighted by Gasteiger charge is -2.44. The molecule has 1 atom stereocenters. The maximum atomic E-state index is 13.5. The van der Waals surface area contributed by atoms with Gasteiger partial charge in [-0.2, -0.15) is 0 Å². The minimum absolute atomic E-state index is 0.0698. The number of piperidine rings is 1. The number of likely N-dealkylation sites (tertiary alicyclic amines) is 1. The van der Waals surface area contributed by atoms with Gasteiger partial charge in [0.1, 0.15) is 0 Å². The predicted octanol–water partition coefficient (Wildman–Crippen LogP) is 4.22. The van der Waals surface area contributed by atoms with Crippen molar-refractivity contribution in [1.29, 1.82) is 0 Å². The molecule has 1 saturated carbocycles. The van der Waals surface area contributed by atoms with Gasteiger partial charge in [0, 0.05) is 37.4 Å². The molecule has 4 rings (SSSR count). The molecule has 1 N–H and O–H groups in total. The number of aromatic nitrogens is 1. The Morgan fingerprint density at radius 1 is 1.16 bits per heavy atom. The molecule has 2 heterocycles. The molecular formula is C26H33N3O2. The van der Waals surface area contributed by atoms with E-state index in [1.54, 1.807) is 6.20 Å². The molecule has 5 heteroatoms. The fourth-order valence-electron chi connectivity index (χ4n) is 4.84. The lowest BCUT2D eigenvalue weighted by molar-refractivity contribution is -0.146. The quantitative estimate of drug-likeness (QED) is 0.762. The number of rotatable bonds is 6. The third kappa shape index (κ3) is 4.81. The second-order valence-corrected chi connectivity index (χ2v) is 9.52. The van der Waals surface area contributed by atoms with E-state index in [1.165, 1.54) is 0 Å². The van der Waals surface area contributed by atoms with Gasteiger partial charge in [-0.3, -0.25) is 14.6 Å². The Kier molecular flexibility index (Phi) is 6.40. The van der Waals surface area contributed by atoms with Crippen LogP contribution in [0.5, 0.6) is 0 Å². The first kappa shape index (κ1) is 21.5. The van der Waals surface area contributed by atoms with Gasteiger partial charge in [-0.1, -0.05) is 36.8 Å². The number of amides is 2. The van der Waals surface area contributed by atoms with Crippen molar-refractivity contribution in [3.8, 4) is 11.1 Å². The molecule has 5 nitrogen and oxygen atoms in total. The molecule has 0 radical (unpaired) electrons. The van der Waals surface area contributed by atoms with Crippen LogP contribution in [0.25, 0.3) is 11.1 Å². The summed E-state index contributed by atoms with van der Waals surface area (Å²) in [6.45, 7) is 5.27. The molecule has 0 spiro atoms. The van der Waals surface area contributed by atoms with Crippen LogP contribution in [0.2, 0.25) is 0 Å². The Morgan fingerprint density at radius 3 is 2.65 bits per heavy atom. The lowest BCUT2D eigenvalue weighted by atomic mass is 9.73. The third-order valence-corrected chi connectivity index (χ3v) is 6.71. The molecule has 2 amide bonds. The Labute approximate surface area is 185 Å². The SMILES string of the molecule is CC(C)NC(=O)C1(Cc2cccc(-c3cccnc3)c2)CCCN(C(=O)C2CCC2)C1. The number of carbonyl (C=O) groups is 2. The van der Waals surface area contributed by atoms with Gasteiger partial charge in [-0.05, 0) is 68.7 Å². The van der Waals surface area contributed by atoms with Crippen molar-refractivity contribution in [2.24, 2.45) is 11.3 Å². The fourth-order valence-corrected chi connectivity index (χ4v) is 4.84. The summed E-state index contributed by atoms with van der Waals surface area (Å²) in [6.07, 6.45) is 9.07. The maximum absolute atomic E-state index is 13.5. The van der Waals surface area contributed by atoms with E-state index in [9.17, 15) is 9.59 Å². The number of nitrogens with zero attached hydrogens (tertiary/aromatic N) is 2. The van der Waals surface area contributed by atoms with Crippen LogP contribution < -0.4 is 5.32 Å². The summed E-state index contributed by atoms with van der Waals surface area (Å²) in [4.78, 5) is 32.6. The van der Waals surface area contributed by atoms with Crippen molar-refractivity contribution in [3.63, 3.8) is 0 Å². The summed E-state index contributed by atoms with van der Waals surface area (Å²) in [5.74, 6) is 0.482. The standard InChI is InChI=1S/C26H33N3O2/c1-19(2)28-25(31)26(12-6-14-29(18-26)24(30)21-8-4-9-21)16-20-7-3-10-22(15-20)23-11-5-13-27-17-23/h3,5,7,10-11,13,15,17,19,21H,4,6,8-9,12,14,16,18H2,1-2H3,(H,28,31). The van der Waals surface area contributed by atoms with Crippen LogP contribution in [0.1, 0.15) is 51.5 Å². The largest absolute Gasteiger partial charge is 0.353 e. The van der Waals surface area contributed by atoms with E-state index in [1.807, 2.05) is 43.1 Å². The summed E-state index contributed by atoms with van der Waals surface area (Å²) in [7, 11) is 0. The molecule has 2 aliphatic rings. The van der Waals surface area contributed by atoms with E-state index in [0.717, 1.165) is 55.3 Å². The van der Waals surface area contributed by atoms with Gasteiger partial charge >= 0.3 is 0 Å². The fraction of sp³-hybridized carbons (Fsp3) is 0.500. The van der Waals surface area contributed by atoms with E-state index >= 15 is 0 Å². The maximum Gasteiger partial charge on any atom is 0.228 e. The van der Waals surface area contributed by atoms with E-state index in [-0.39, 0.29) is 23.8 Å². The van der Waals surface area contributed by atoms with E-state index < -0.39 is 5.41 Å². The summed E-state index contributed by atoms with van der Waals surface area (Å²) in [5, 5.41) is 3.15. The smallest absolute Gasteiger partial charge is 0.228 e. The molecule has 1 unspecified atom stereocenters. The molecule has 31 heavy (non-hydrogen) atoms. The first-order valence-electron chi connectivity index (χ1n) is 11.6. The average molecular weight is 420 g/mol. The van der Waals surface area contributed by atoms with Crippen molar-refractivity contribution in [1.82, 2.24) is 15.2 Å². The second kappa shape index (κ2) is 9.21. The molecule has 1 saturated heterocycles. The highest BCUT2D eigenvalue weighted by atomic mass is 16.2. The van der Waals surface area contributed by atoms with Gasteiger partial charge in [-0.25, -0.2) is 0 Å². The molecule has 164 valence electrons. The Bertz CT molecular complexity index is 923. The zero-order chi connectivity index (χ0) is 21.8. The van der Waals surface area contributed by atoms with Gasteiger partial charge in [0.05, 0.1) is 5.41 Å². The third-order valence-electron chi connectivity index (χ3n) is 6.71. The topological polar surface area (TPSA) is 62.3 Å². The first-order valence-corrected chi connectivity index (χ1v) is 11.6. The number of hydrogen-bond acceptors (Lipinski definition) is 3. The van der Waals surface area contributed by atoms with Crippen molar-refractivity contribution >= 4 is 11.8 Å². The summed E-state index contributed by atoms with van der Waals surface area (Å²) in [5.41, 5.74) is 2.70. The molecule has 1 aromatic carbocycles. The lowest BCUT2D eigenvalue weighted by Crippen LogP contribution is -2.56.